The van der Waals surface area contributed by atoms with Crippen molar-refractivity contribution in [2.75, 3.05) is 6.79 Å². The number of hydrogen-bond acceptors (Lipinski definition) is 5. The molecule has 3 rings (SSSR count). The van der Waals surface area contributed by atoms with E-state index in [4.69, 9.17) is 9.47 Å². The van der Waals surface area contributed by atoms with E-state index in [0.29, 0.717) is 11.5 Å². The molecule has 0 radical (unpaired) electrons. The first-order chi connectivity index (χ1) is 9.54. The molecule has 1 aliphatic rings. The van der Waals surface area contributed by atoms with E-state index >= 15 is 0 Å². The fourth-order valence-corrected chi connectivity index (χ4v) is 4.81. The predicted octanol–water partition coefficient (Wildman–Crippen LogP) is 2.72. The number of halogens is 1. The van der Waals surface area contributed by atoms with Crippen LogP contribution in [0.15, 0.2) is 38.3 Å². The van der Waals surface area contributed by atoms with Gasteiger partial charge >= 0.3 is 0 Å². The van der Waals surface area contributed by atoms with E-state index in [1.54, 1.807) is 30.3 Å². The Bertz CT molecular complexity index is 742. The lowest BCUT2D eigenvalue weighted by molar-refractivity contribution is 0.174. The van der Waals surface area contributed by atoms with Gasteiger partial charge in [-0.3, -0.25) is 0 Å². The largest absolute Gasteiger partial charge is 0.454 e. The van der Waals surface area contributed by atoms with E-state index in [1.807, 2.05) is 0 Å². The number of sulfonamides is 1. The van der Waals surface area contributed by atoms with Gasteiger partial charge in [0.1, 0.15) is 4.21 Å². The van der Waals surface area contributed by atoms with E-state index in [1.165, 1.54) is 11.3 Å². The number of hydrogen-bond donors (Lipinski definition) is 1. The molecule has 1 aliphatic heterocycles. The van der Waals surface area contributed by atoms with E-state index in [0.717, 1.165) is 9.35 Å². The number of thiophene rings is 1. The molecular weight excluding hydrogens is 366 g/mol. The smallest absolute Gasteiger partial charge is 0.250 e. The topological polar surface area (TPSA) is 64.6 Å². The summed E-state index contributed by atoms with van der Waals surface area (Å²) in [5.74, 6) is 1.32. The Morgan fingerprint density at radius 1 is 1.20 bits per heavy atom. The maximum Gasteiger partial charge on any atom is 0.250 e. The molecule has 1 N–H and O–H groups in total. The fraction of sp³-hybridized carbons (Fsp3) is 0.167. The summed E-state index contributed by atoms with van der Waals surface area (Å²) in [4.78, 5) is 0. The molecule has 2 heterocycles. The van der Waals surface area contributed by atoms with Crippen molar-refractivity contribution >= 4 is 37.3 Å². The molecule has 1 aromatic carbocycles. The van der Waals surface area contributed by atoms with Crippen LogP contribution < -0.4 is 14.2 Å². The summed E-state index contributed by atoms with van der Waals surface area (Å²) in [5.41, 5.74) is 0.813. The third kappa shape index (κ3) is 2.83. The Morgan fingerprint density at radius 2 is 2.00 bits per heavy atom. The molecule has 0 saturated heterocycles. The van der Waals surface area contributed by atoms with Crippen LogP contribution in [0.3, 0.4) is 0 Å². The first-order valence-electron chi connectivity index (χ1n) is 5.68. The van der Waals surface area contributed by atoms with Crippen LogP contribution in [0.4, 0.5) is 0 Å². The minimum absolute atomic E-state index is 0.202. The Hall–Kier alpha value is -1.09. The van der Waals surface area contributed by atoms with Crippen molar-refractivity contribution in [3.63, 3.8) is 0 Å². The summed E-state index contributed by atoms with van der Waals surface area (Å²) in [6.45, 7) is 0.405. The van der Waals surface area contributed by atoms with E-state index in [-0.39, 0.29) is 17.5 Å². The van der Waals surface area contributed by atoms with Crippen LogP contribution in [0.2, 0.25) is 0 Å². The van der Waals surface area contributed by atoms with Gasteiger partial charge in [0.05, 0.1) is 3.79 Å². The molecule has 20 heavy (non-hydrogen) atoms. The second-order valence-electron chi connectivity index (χ2n) is 4.07. The summed E-state index contributed by atoms with van der Waals surface area (Å²) in [7, 11) is -3.49. The minimum Gasteiger partial charge on any atom is -0.454 e. The highest BCUT2D eigenvalue weighted by molar-refractivity contribution is 9.11. The average molecular weight is 376 g/mol. The van der Waals surface area contributed by atoms with E-state index < -0.39 is 10.0 Å². The molecule has 106 valence electrons. The van der Waals surface area contributed by atoms with E-state index in [9.17, 15) is 8.42 Å². The normalized spacial score (nSPS) is 13.7. The van der Waals surface area contributed by atoms with Crippen LogP contribution in [0, 0.1) is 0 Å². The van der Waals surface area contributed by atoms with Gasteiger partial charge in [0, 0.05) is 6.54 Å². The maximum atomic E-state index is 12.1. The van der Waals surface area contributed by atoms with Gasteiger partial charge in [-0.2, -0.15) is 0 Å². The standard InChI is InChI=1S/C12H10BrNO4S2/c13-11-3-4-12(19-11)20(15,16)14-6-8-1-2-9-10(5-8)18-7-17-9/h1-5,14H,6-7H2. The first-order valence-corrected chi connectivity index (χ1v) is 8.77. The lowest BCUT2D eigenvalue weighted by Crippen LogP contribution is -2.22. The maximum absolute atomic E-state index is 12.1. The van der Waals surface area contributed by atoms with Gasteiger partial charge in [-0.05, 0) is 45.8 Å². The molecule has 0 spiro atoms. The number of fused-ring (bicyclic) bond motifs is 1. The molecule has 0 aliphatic carbocycles. The molecule has 5 nitrogen and oxygen atoms in total. The van der Waals surface area contributed by atoms with Crippen LogP contribution in [0.5, 0.6) is 11.5 Å². The summed E-state index contributed by atoms with van der Waals surface area (Å²) in [6.07, 6.45) is 0. The lowest BCUT2D eigenvalue weighted by atomic mass is 10.2. The molecule has 0 bridgehead atoms. The van der Waals surface area contributed by atoms with Crippen molar-refractivity contribution in [3.8, 4) is 11.5 Å². The first kappa shape index (κ1) is 13.9. The molecule has 0 saturated carbocycles. The van der Waals surface area contributed by atoms with Crippen molar-refractivity contribution in [1.29, 1.82) is 0 Å². The quantitative estimate of drug-likeness (QED) is 0.891. The van der Waals surface area contributed by atoms with Gasteiger partial charge in [-0.25, -0.2) is 13.1 Å². The zero-order valence-corrected chi connectivity index (χ0v) is 13.3. The molecule has 0 amide bonds. The summed E-state index contributed by atoms with van der Waals surface area (Å²) in [6, 6.07) is 8.62. The van der Waals surface area contributed by atoms with Crippen molar-refractivity contribution in [2.45, 2.75) is 10.8 Å². The lowest BCUT2D eigenvalue weighted by Gasteiger charge is -2.05. The Balaban J connectivity index is 1.73. The second kappa shape index (κ2) is 5.36. The van der Waals surface area contributed by atoms with Crippen molar-refractivity contribution < 1.29 is 17.9 Å². The third-order valence-electron chi connectivity index (χ3n) is 2.72. The molecular formula is C12H10BrNO4S2. The number of benzene rings is 1. The Kier molecular flexibility index (Phi) is 3.72. The van der Waals surface area contributed by atoms with Crippen molar-refractivity contribution in [3.05, 3.63) is 39.7 Å². The molecule has 0 unspecified atom stereocenters. The van der Waals surface area contributed by atoms with Crippen molar-refractivity contribution in [2.24, 2.45) is 0 Å². The monoisotopic (exact) mass is 375 g/mol. The molecule has 0 fully saturated rings. The van der Waals surface area contributed by atoms with Crippen LogP contribution in [-0.4, -0.2) is 15.2 Å². The number of nitrogens with one attached hydrogen (secondary N) is 1. The highest BCUT2D eigenvalue weighted by Crippen LogP contribution is 2.32. The summed E-state index contributed by atoms with van der Waals surface area (Å²) in [5, 5.41) is 0. The highest BCUT2D eigenvalue weighted by atomic mass is 79.9. The predicted molar refractivity (Wildman–Crippen MR) is 78.6 cm³/mol. The van der Waals surface area contributed by atoms with Gasteiger partial charge in [-0.15, -0.1) is 11.3 Å². The zero-order chi connectivity index (χ0) is 14.2. The number of rotatable bonds is 4. The summed E-state index contributed by atoms with van der Waals surface area (Å²) < 4.78 is 38.2. The minimum atomic E-state index is -3.49. The molecule has 8 heteroatoms. The zero-order valence-electron chi connectivity index (χ0n) is 10.1. The van der Waals surface area contributed by atoms with Crippen LogP contribution in [0.1, 0.15) is 5.56 Å². The third-order valence-corrected chi connectivity index (χ3v) is 6.23. The van der Waals surface area contributed by atoms with Gasteiger partial charge in [0.2, 0.25) is 16.8 Å². The number of ether oxygens (including phenoxy) is 2. The Morgan fingerprint density at radius 3 is 2.75 bits per heavy atom. The Labute approximate surface area is 128 Å². The van der Waals surface area contributed by atoms with E-state index in [2.05, 4.69) is 20.7 Å². The molecule has 2 aromatic rings. The molecule has 0 atom stereocenters. The van der Waals surface area contributed by atoms with Gasteiger partial charge in [0.25, 0.3) is 0 Å². The highest BCUT2D eigenvalue weighted by Gasteiger charge is 2.17. The van der Waals surface area contributed by atoms with Gasteiger partial charge < -0.3 is 9.47 Å². The fourth-order valence-electron chi connectivity index (χ4n) is 1.74. The van der Waals surface area contributed by atoms with Gasteiger partial charge in [-0.1, -0.05) is 6.07 Å². The van der Waals surface area contributed by atoms with Crippen LogP contribution in [0.25, 0.3) is 0 Å². The SMILES string of the molecule is O=S(=O)(NCc1ccc2c(c1)OCO2)c1ccc(Br)s1. The molecule has 1 aromatic heterocycles. The second-order valence-corrected chi connectivity index (χ2v) is 8.53. The average Bonchev–Trinajstić information content (AvgIpc) is 3.04. The van der Waals surface area contributed by atoms with Crippen molar-refractivity contribution in [1.82, 2.24) is 4.72 Å². The van der Waals surface area contributed by atoms with Crippen LogP contribution >= 0.6 is 27.3 Å². The van der Waals surface area contributed by atoms with Crippen LogP contribution in [-0.2, 0) is 16.6 Å². The van der Waals surface area contributed by atoms with Gasteiger partial charge in [0.15, 0.2) is 11.5 Å². The summed E-state index contributed by atoms with van der Waals surface area (Å²) >= 11 is 4.42.